The first-order valence-electron chi connectivity index (χ1n) is 5.83. The summed E-state index contributed by atoms with van der Waals surface area (Å²) in [7, 11) is 0. The zero-order valence-electron chi connectivity index (χ0n) is 10.2. The molecule has 4 nitrogen and oxygen atoms in total. The Bertz CT molecular complexity index is 354. The number of carbonyl (C=O) groups excluding carboxylic acids is 1. The molecule has 1 aromatic carbocycles. The topological polar surface area (TPSA) is 78.3 Å². The number of nitrogens with two attached hydrogens (primary N) is 2. The summed E-state index contributed by atoms with van der Waals surface area (Å²) >= 11 is 0. The van der Waals surface area contributed by atoms with Crippen LogP contribution in [0.25, 0.3) is 0 Å². The molecule has 1 rings (SSSR count). The Hall–Kier alpha value is -1.39. The van der Waals surface area contributed by atoms with E-state index >= 15 is 0 Å². The number of rotatable bonds is 7. The summed E-state index contributed by atoms with van der Waals surface area (Å²) in [5.74, 6) is -0.524. The van der Waals surface area contributed by atoms with E-state index in [2.05, 4.69) is 0 Å². The lowest BCUT2D eigenvalue weighted by Crippen LogP contribution is -2.49. The maximum atomic E-state index is 11.5. The van der Waals surface area contributed by atoms with Crippen LogP contribution < -0.4 is 11.5 Å². The lowest BCUT2D eigenvalue weighted by Gasteiger charge is -2.26. The van der Waals surface area contributed by atoms with Crippen molar-refractivity contribution >= 4 is 5.91 Å². The molecule has 0 bridgehead atoms. The molecule has 0 aliphatic heterocycles. The minimum atomic E-state index is -1.14. The van der Waals surface area contributed by atoms with Crippen molar-refractivity contribution in [3.8, 4) is 0 Å². The maximum Gasteiger partial charge on any atom is 0.242 e. The van der Waals surface area contributed by atoms with Crippen molar-refractivity contribution in [3.05, 3.63) is 35.9 Å². The van der Waals surface area contributed by atoms with Gasteiger partial charge in [-0.05, 0) is 12.0 Å². The SMILES string of the molecule is CCCOCCC(N)(C(N)=O)c1ccccc1. The highest BCUT2D eigenvalue weighted by Gasteiger charge is 2.33. The predicted molar refractivity (Wildman–Crippen MR) is 67.2 cm³/mol. The van der Waals surface area contributed by atoms with Crippen LogP contribution in [0.1, 0.15) is 25.3 Å². The van der Waals surface area contributed by atoms with Gasteiger partial charge in [0.05, 0.1) is 0 Å². The van der Waals surface area contributed by atoms with Gasteiger partial charge in [-0.25, -0.2) is 0 Å². The second-order valence-electron chi connectivity index (χ2n) is 4.06. The van der Waals surface area contributed by atoms with Crippen LogP contribution in [0.2, 0.25) is 0 Å². The van der Waals surface area contributed by atoms with Crippen molar-refractivity contribution in [1.29, 1.82) is 0 Å². The average molecular weight is 236 g/mol. The van der Waals surface area contributed by atoms with Crippen LogP contribution in [0.4, 0.5) is 0 Å². The third kappa shape index (κ3) is 3.54. The Labute approximate surface area is 102 Å². The molecule has 1 unspecified atom stereocenters. The monoisotopic (exact) mass is 236 g/mol. The second-order valence-corrected chi connectivity index (χ2v) is 4.06. The molecule has 0 radical (unpaired) electrons. The van der Waals surface area contributed by atoms with Crippen LogP contribution in [-0.4, -0.2) is 19.1 Å². The molecule has 0 aliphatic carbocycles. The smallest absolute Gasteiger partial charge is 0.242 e. The fourth-order valence-electron chi connectivity index (χ4n) is 1.62. The first-order valence-corrected chi connectivity index (χ1v) is 5.83. The molecule has 4 heteroatoms. The van der Waals surface area contributed by atoms with Gasteiger partial charge in [0.1, 0.15) is 5.54 Å². The van der Waals surface area contributed by atoms with Gasteiger partial charge in [0.15, 0.2) is 0 Å². The number of carbonyl (C=O) groups is 1. The van der Waals surface area contributed by atoms with Gasteiger partial charge in [0.25, 0.3) is 0 Å². The van der Waals surface area contributed by atoms with Crippen molar-refractivity contribution in [2.24, 2.45) is 11.5 Å². The molecule has 0 heterocycles. The number of primary amides is 1. The molecule has 94 valence electrons. The Kier molecular flexibility index (Phi) is 5.12. The van der Waals surface area contributed by atoms with E-state index < -0.39 is 11.4 Å². The summed E-state index contributed by atoms with van der Waals surface area (Å²) in [5.41, 5.74) is 11.1. The molecule has 1 aromatic rings. The van der Waals surface area contributed by atoms with Crippen molar-refractivity contribution < 1.29 is 9.53 Å². The van der Waals surface area contributed by atoms with E-state index in [0.717, 1.165) is 12.0 Å². The summed E-state index contributed by atoms with van der Waals surface area (Å²) < 4.78 is 5.36. The molecule has 0 saturated heterocycles. The van der Waals surface area contributed by atoms with Gasteiger partial charge in [-0.1, -0.05) is 37.3 Å². The van der Waals surface area contributed by atoms with Crippen LogP contribution in [0.15, 0.2) is 30.3 Å². The lowest BCUT2D eigenvalue weighted by atomic mass is 9.87. The predicted octanol–water partition coefficient (Wildman–Crippen LogP) is 1.14. The van der Waals surface area contributed by atoms with Crippen molar-refractivity contribution in [3.63, 3.8) is 0 Å². The molecule has 4 N–H and O–H groups in total. The van der Waals surface area contributed by atoms with E-state index in [1.165, 1.54) is 0 Å². The van der Waals surface area contributed by atoms with Crippen LogP contribution >= 0.6 is 0 Å². The van der Waals surface area contributed by atoms with Gasteiger partial charge >= 0.3 is 0 Å². The first-order chi connectivity index (χ1) is 8.11. The summed E-state index contributed by atoms with van der Waals surface area (Å²) in [6.45, 7) is 3.13. The summed E-state index contributed by atoms with van der Waals surface area (Å²) in [5, 5.41) is 0. The fraction of sp³-hybridized carbons (Fsp3) is 0.462. The van der Waals surface area contributed by atoms with Crippen LogP contribution in [-0.2, 0) is 15.1 Å². The molecule has 0 fully saturated rings. The minimum absolute atomic E-state index is 0.395. The molecule has 0 saturated carbocycles. The number of ether oxygens (including phenoxy) is 1. The van der Waals surface area contributed by atoms with Crippen molar-refractivity contribution in [2.75, 3.05) is 13.2 Å². The Morgan fingerprint density at radius 2 is 1.94 bits per heavy atom. The largest absolute Gasteiger partial charge is 0.381 e. The van der Waals surface area contributed by atoms with Gasteiger partial charge < -0.3 is 16.2 Å². The van der Waals surface area contributed by atoms with Crippen molar-refractivity contribution in [1.82, 2.24) is 0 Å². The Balaban J connectivity index is 2.73. The zero-order chi connectivity index (χ0) is 12.7. The Morgan fingerprint density at radius 3 is 2.47 bits per heavy atom. The van der Waals surface area contributed by atoms with E-state index in [0.29, 0.717) is 19.6 Å². The quantitative estimate of drug-likeness (QED) is 0.697. The van der Waals surface area contributed by atoms with Gasteiger partial charge in [-0.3, -0.25) is 4.79 Å². The highest BCUT2D eigenvalue weighted by atomic mass is 16.5. The molecule has 1 amide bonds. The number of hydrogen-bond acceptors (Lipinski definition) is 3. The van der Waals surface area contributed by atoms with Crippen LogP contribution in [0.5, 0.6) is 0 Å². The Morgan fingerprint density at radius 1 is 1.29 bits per heavy atom. The summed E-state index contributed by atoms with van der Waals surface area (Å²) in [6.07, 6.45) is 1.34. The van der Waals surface area contributed by atoms with E-state index in [9.17, 15) is 4.79 Å². The third-order valence-corrected chi connectivity index (χ3v) is 2.72. The number of benzene rings is 1. The van der Waals surface area contributed by atoms with Gasteiger partial charge in [-0.2, -0.15) is 0 Å². The zero-order valence-corrected chi connectivity index (χ0v) is 10.2. The molecule has 0 aliphatic rings. The van der Waals surface area contributed by atoms with Gasteiger partial charge in [0, 0.05) is 19.6 Å². The standard InChI is InChI=1S/C13H20N2O2/c1-2-9-17-10-8-13(15,12(14)16)11-6-4-3-5-7-11/h3-7H,2,8-10,15H2,1H3,(H2,14,16). The highest BCUT2D eigenvalue weighted by molar-refractivity contribution is 5.85. The maximum absolute atomic E-state index is 11.5. The van der Waals surface area contributed by atoms with Gasteiger partial charge in [0.2, 0.25) is 5.91 Å². The van der Waals surface area contributed by atoms with Crippen molar-refractivity contribution in [2.45, 2.75) is 25.3 Å². The molecular weight excluding hydrogens is 216 g/mol. The highest BCUT2D eigenvalue weighted by Crippen LogP contribution is 2.21. The average Bonchev–Trinajstić information content (AvgIpc) is 2.35. The number of hydrogen-bond donors (Lipinski definition) is 2. The summed E-state index contributed by atoms with van der Waals surface area (Å²) in [6, 6.07) is 9.17. The molecule has 1 atom stereocenters. The van der Waals surface area contributed by atoms with E-state index in [-0.39, 0.29) is 0 Å². The molecule has 0 spiro atoms. The van der Waals surface area contributed by atoms with Gasteiger partial charge in [-0.15, -0.1) is 0 Å². The molecular formula is C13H20N2O2. The number of amides is 1. The van der Waals surface area contributed by atoms with Crippen LogP contribution in [0, 0.1) is 0 Å². The molecule has 0 aromatic heterocycles. The molecule has 17 heavy (non-hydrogen) atoms. The summed E-state index contributed by atoms with van der Waals surface area (Å²) in [4.78, 5) is 11.5. The van der Waals surface area contributed by atoms with Crippen LogP contribution in [0.3, 0.4) is 0 Å². The van der Waals surface area contributed by atoms with E-state index in [1.54, 1.807) is 0 Å². The second kappa shape index (κ2) is 6.37. The van der Waals surface area contributed by atoms with E-state index in [1.807, 2.05) is 37.3 Å². The normalized spacial score (nSPS) is 14.2. The fourth-order valence-corrected chi connectivity index (χ4v) is 1.62. The first kappa shape index (κ1) is 13.7. The third-order valence-electron chi connectivity index (χ3n) is 2.72. The van der Waals surface area contributed by atoms with E-state index in [4.69, 9.17) is 16.2 Å². The minimum Gasteiger partial charge on any atom is -0.381 e. The lowest BCUT2D eigenvalue weighted by molar-refractivity contribution is -0.124.